The SMILES string of the molecule is Cl.Cl.Fc1ccc(Cl)c(-c2ccc(NC3C[C@H]4CNC[C@H]4C3)nn2)c1. The largest absolute Gasteiger partial charge is 0.366 e. The van der Waals surface area contributed by atoms with Crippen molar-refractivity contribution in [1.29, 1.82) is 0 Å². The van der Waals surface area contributed by atoms with Crippen LogP contribution in [0, 0.1) is 17.7 Å². The zero-order chi connectivity index (χ0) is 15.8. The van der Waals surface area contributed by atoms with Gasteiger partial charge in [0.05, 0.1) is 10.7 Å². The fraction of sp³-hybridized carbons (Fsp3) is 0.412. The van der Waals surface area contributed by atoms with Crippen molar-refractivity contribution in [3.8, 4) is 11.3 Å². The highest BCUT2D eigenvalue weighted by Crippen LogP contribution is 2.35. The second-order valence-corrected chi connectivity index (χ2v) is 6.83. The summed E-state index contributed by atoms with van der Waals surface area (Å²) in [7, 11) is 0. The quantitative estimate of drug-likeness (QED) is 0.804. The van der Waals surface area contributed by atoms with Crippen LogP contribution in [0.3, 0.4) is 0 Å². The summed E-state index contributed by atoms with van der Waals surface area (Å²) in [5.74, 6) is 2.00. The number of halogens is 4. The monoisotopic (exact) mass is 404 g/mol. The summed E-state index contributed by atoms with van der Waals surface area (Å²) in [4.78, 5) is 0. The third kappa shape index (κ3) is 4.34. The number of fused-ring (bicyclic) bond motifs is 1. The molecule has 2 aliphatic rings. The van der Waals surface area contributed by atoms with Crippen LogP contribution in [-0.2, 0) is 0 Å². The Balaban J connectivity index is 0.00000113. The third-order valence-corrected chi connectivity index (χ3v) is 5.20. The summed E-state index contributed by atoms with van der Waals surface area (Å²) >= 11 is 6.11. The Morgan fingerprint density at radius 1 is 1.04 bits per heavy atom. The molecule has 0 bridgehead atoms. The number of benzene rings is 1. The van der Waals surface area contributed by atoms with E-state index in [1.54, 1.807) is 0 Å². The molecule has 1 aromatic heterocycles. The smallest absolute Gasteiger partial charge is 0.148 e. The van der Waals surface area contributed by atoms with Crippen LogP contribution in [0.25, 0.3) is 11.3 Å². The molecular formula is C17H20Cl3FN4. The molecule has 0 amide bonds. The Hall–Kier alpha value is -1.14. The minimum absolute atomic E-state index is 0. The number of anilines is 1. The van der Waals surface area contributed by atoms with Crippen molar-refractivity contribution in [3.05, 3.63) is 41.2 Å². The van der Waals surface area contributed by atoms with Gasteiger partial charge in [-0.25, -0.2) is 4.39 Å². The fourth-order valence-corrected chi connectivity index (χ4v) is 3.95. The van der Waals surface area contributed by atoms with E-state index in [1.807, 2.05) is 12.1 Å². The number of hydrogen-bond donors (Lipinski definition) is 2. The second-order valence-electron chi connectivity index (χ2n) is 6.42. The van der Waals surface area contributed by atoms with Crippen molar-refractivity contribution in [2.24, 2.45) is 11.8 Å². The van der Waals surface area contributed by atoms with E-state index >= 15 is 0 Å². The van der Waals surface area contributed by atoms with E-state index in [0.29, 0.717) is 22.3 Å². The maximum absolute atomic E-state index is 13.4. The van der Waals surface area contributed by atoms with Crippen molar-refractivity contribution in [1.82, 2.24) is 15.5 Å². The van der Waals surface area contributed by atoms with Crippen molar-refractivity contribution in [3.63, 3.8) is 0 Å². The molecular weight excluding hydrogens is 386 g/mol. The molecule has 1 saturated heterocycles. The number of nitrogens with zero attached hydrogens (tertiary/aromatic N) is 2. The lowest BCUT2D eigenvalue weighted by atomic mass is 10.0. The first-order chi connectivity index (χ1) is 11.2. The Morgan fingerprint density at radius 2 is 1.76 bits per heavy atom. The normalized spacial score (nSPS) is 24.2. The van der Waals surface area contributed by atoms with Gasteiger partial charge in [0.15, 0.2) is 0 Å². The molecule has 1 aliphatic heterocycles. The molecule has 8 heteroatoms. The molecule has 25 heavy (non-hydrogen) atoms. The van der Waals surface area contributed by atoms with E-state index in [9.17, 15) is 4.39 Å². The Bertz CT molecular complexity index is 702. The number of hydrogen-bond acceptors (Lipinski definition) is 4. The van der Waals surface area contributed by atoms with E-state index in [0.717, 1.165) is 30.7 Å². The lowest BCUT2D eigenvalue weighted by molar-refractivity contribution is 0.494. The maximum Gasteiger partial charge on any atom is 0.148 e. The molecule has 1 aromatic carbocycles. The highest BCUT2D eigenvalue weighted by atomic mass is 35.5. The summed E-state index contributed by atoms with van der Waals surface area (Å²) in [5.41, 5.74) is 1.14. The summed E-state index contributed by atoms with van der Waals surface area (Å²) < 4.78 is 13.4. The Labute approximate surface area is 163 Å². The first kappa shape index (κ1) is 20.2. The zero-order valence-corrected chi connectivity index (χ0v) is 15.8. The van der Waals surface area contributed by atoms with Gasteiger partial charge < -0.3 is 10.6 Å². The zero-order valence-electron chi connectivity index (χ0n) is 13.4. The summed E-state index contributed by atoms with van der Waals surface area (Å²) in [5, 5.41) is 15.8. The maximum atomic E-state index is 13.4. The number of nitrogens with one attached hydrogen (secondary N) is 2. The van der Waals surface area contributed by atoms with Gasteiger partial charge in [0.2, 0.25) is 0 Å². The third-order valence-electron chi connectivity index (χ3n) is 4.88. The predicted octanol–water partition coefficient (Wildman–Crippen LogP) is 4.19. The molecule has 3 atom stereocenters. The molecule has 1 aliphatic carbocycles. The topological polar surface area (TPSA) is 49.8 Å². The number of aromatic nitrogens is 2. The van der Waals surface area contributed by atoms with Gasteiger partial charge in [-0.05, 0) is 68.1 Å². The number of rotatable bonds is 3. The molecule has 2 aromatic rings. The second kappa shape index (κ2) is 8.49. The summed E-state index contributed by atoms with van der Waals surface area (Å²) in [6.07, 6.45) is 2.35. The predicted molar refractivity (Wildman–Crippen MR) is 103 cm³/mol. The lowest BCUT2D eigenvalue weighted by Gasteiger charge is -2.14. The Kier molecular flexibility index (Phi) is 6.86. The highest BCUT2D eigenvalue weighted by Gasteiger charge is 2.37. The average molecular weight is 406 g/mol. The van der Waals surface area contributed by atoms with Gasteiger partial charge >= 0.3 is 0 Å². The molecule has 0 radical (unpaired) electrons. The van der Waals surface area contributed by atoms with Crippen molar-refractivity contribution in [2.45, 2.75) is 18.9 Å². The Morgan fingerprint density at radius 3 is 2.40 bits per heavy atom. The van der Waals surface area contributed by atoms with Gasteiger partial charge in [0, 0.05) is 11.6 Å². The van der Waals surface area contributed by atoms with Gasteiger partial charge in [0.1, 0.15) is 11.6 Å². The van der Waals surface area contributed by atoms with Gasteiger partial charge in [0.25, 0.3) is 0 Å². The molecule has 1 unspecified atom stereocenters. The molecule has 4 nitrogen and oxygen atoms in total. The molecule has 1 saturated carbocycles. The van der Waals surface area contributed by atoms with Crippen LogP contribution in [0.1, 0.15) is 12.8 Å². The van der Waals surface area contributed by atoms with Crippen LogP contribution >= 0.6 is 36.4 Å². The van der Waals surface area contributed by atoms with Gasteiger partial charge in [-0.1, -0.05) is 11.6 Å². The molecule has 2 fully saturated rings. The molecule has 2 N–H and O–H groups in total. The minimum atomic E-state index is -0.334. The van der Waals surface area contributed by atoms with Crippen LogP contribution in [0.5, 0.6) is 0 Å². The highest BCUT2D eigenvalue weighted by molar-refractivity contribution is 6.33. The van der Waals surface area contributed by atoms with Crippen LogP contribution in [-0.4, -0.2) is 29.3 Å². The minimum Gasteiger partial charge on any atom is -0.366 e. The first-order valence-electron chi connectivity index (χ1n) is 7.95. The van der Waals surface area contributed by atoms with Gasteiger partial charge in [-0.2, -0.15) is 0 Å². The van der Waals surface area contributed by atoms with Gasteiger partial charge in [-0.15, -0.1) is 35.0 Å². The van der Waals surface area contributed by atoms with Crippen molar-refractivity contribution in [2.75, 3.05) is 18.4 Å². The molecule has 4 rings (SSSR count). The van der Waals surface area contributed by atoms with Crippen molar-refractivity contribution >= 4 is 42.2 Å². The van der Waals surface area contributed by atoms with Crippen LogP contribution in [0.2, 0.25) is 5.02 Å². The first-order valence-corrected chi connectivity index (χ1v) is 8.33. The molecule has 2 heterocycles. The fourth-order valence-electron chi connectivity index (χ4n) is 3.74. The van der Waals surface area contributed by atoms with E-state index in [1.165, 1.54) is 31.0 Å². The average Bonchev–Trinajstić information content (AvgIpc) is 3.12. The molecule has 136 valence electrons. The van der Waals surface area contributed by atoms with E-state index in [-0.39, 0.29) is 30.6 Å². The summed E-state index contributed by atoms with van der Waals surface area (Å²) in [6, 6.07) is 8.42. The van der Waals surface area contributed by atoms with Crippen LogP contribution in [0.15, 0.2) is 30.3 Å². The molecule has 0 spiro atoms. The van der Waals surface area contributed by atoms with Crippen LogP contribution < -0.4 is 10.6 Å². The summed E-state index contributed by atoms with van der Waals surface area (Å²) in [6.45, 7) is 2.26. The van der Waals surface area contributed by atoms with E-state index in [2.05, 4.69) is 20.8 Å². The van der Waals surface area contributed by atoms with Crippen LogP contribution in [0.4, 0.5) is 10.2 Å². The van der Waals surface area contributed by atoms with E-state index in [4.69, 9.17) is 11.6 Å². The lowest BCUT2D eigenvalue weighted by Crippen LogP contribution is -2.21. The standard InChI is InChI=1S/C17H18ClFN4.2ClH/c18-15-2-1-12(19)7-14(15)16-3-4-17(23-22-16)21-13-5-10-8-20-9-11(10)6-13;;/h1-4,7,10-11,13,20H,5-6,8-9H2,(H,21,23);2*1H/t10-,11+,13?;;. The van der Waals surface area contributed by atoms with Crippen molar-refractivity contribution < 1.29 is 4.39 Å². The van der Waals surface area contributed by atoms with E-state index < -0.39 is 0 Å². The van der Waals surface area contributed by atoms with Gasteiger partial charge in [-0.3, -0.25) is 0 Å².